The first-order chi connectivity index (χ1) is 7.65. The normalized spacial score (nSPS) is 10.1. The molecule has 82 valence electrons. The highest BCUT2D eigenvalue weighted by molar-refractivity contribution is 7.15. The summed E-state index contributed by atoms with van der Waals surface area (Å²) in [5.74, 6) is 0.0893. The maximum absolute atomic E-state index is 11.7. The van der Waals surface area contributed by atoms with Crippen LogP contribution in [0.3, 0.4) is 0 Å². The molecule has 0 aliphatic heterocycles. The summed E-state index contributed by atoms with van der Waals surface area (Å²) in [5, 5.41) is 3.27. The predicted octanol–water partition coefficient (Wildman–Crippen LogP) is 1.68. The SMILES string of the molecule is Cc1cnc(NC(=O)c2ccnc(N)c2)s1. The van der Waals surface area contributed by atoms with Gasteiger partial charge in [0.1, 0.15) is 5.82 Å². The molecule has 2 heterocycles. The third-order valence-corrected chi connectivity index (χ3v) is 2.71. The first kappa shape index (κ1) is 10.6. The highest BCUT2D eigenvalue weighted by Crippen LogP contribution is 2.17. The van der Waals surface area contributed by atoms with Gasteiger partial charge >= 0.3 is 0 Å². The van der Waals surface area contributed by atoms with Gasteiger partial charge in [0, 0.05) is 22.8 Å². The minimum Gasteiger partial charge on any atom is -0.384 e. The predicted molar refractivity (Wildman–Crippen MR) is 63.5 cm³/mol. The number of aromatic nitrogens is 2. The van der Waals surface area contributed by atoms with Crippen molar-refractivity contribution >= 4 is 28.2 Å². The Hall–Kier alpha value is -1.95. The number of amides is 1. The zero-order chi connectivity index (χ0) is 11.5. The lowest BCUT2D eigenvalue weighted by Crippen LogP contribution is -2.12. The summed E-state index contributed by atoms with van der Waals surface area (Å²) in [5.41, 5.74) is 5.96. The Bertz CT molecular complexity index is 523. The van der Waals surface area contributed by atoms with E-state index < -0.39 is 0 Å². The van der Waals surface area contributed by atoms with Gasteiger partial charge in [-0.3, -0.25) is 10.1 Å². The maximum atomic E-state index is 11.7. The third kappa shape index (κ3) is 2.34. The lowest BCUT2D eigenvalue weighted by atomic mass is 10.2. The second-order valence-electron chi connectivity index (χ2n) is 3.20. The summed E-state index contributed by atoms with van der Waals surface area (Å²) in [6.45, 7) is 1.93. The minimum atomic E-state index is -0.233. The highest BCUT2D eigenvalue weighted by atomic mass is 32.1. The molecule has 0 aliphatic carbocycles. The lowest BCUT2D eigenvalue weighted by molar-refractivity contribution is 0.102. The summed E-state index contributed by atoms with van der Waals surface area (Å²) in [7, 11) is 0. The molecule has 6 heteroatoms. The van der Waals surface area contributed by atoms with E-state index in [1.807, 2.05) is 6.92 Å². The van der Waals surface area contributed by atoms with Gasteiger partial charge in [0.2, 0.25) is 0 Å². The monoisotopic (exact) mass is 234 g/mol. The van der Waals surface area contributed by atoms with Crippen LogP contribution < -0.4 is 11.1 Å². The highest BCUT2D eigenvalue weighted by Gasteiger charge is 2.08. The molecule has 0 unspecified atom stereocenters. The number of rotatable bonds is 2. The molecule has 0 saturated heterocycles. The fourth-order valence-electron chi connectivity index (χ4n) is 1.17. The summed E-state index contributed by atoms with van der Waals surface area (Å²) in [6, 6.07) is 3.13. The van der Waals surface area contributed by atoms with E-state index in [1.54, 1.807) is 12.3 Å². The fourth-order valence-corrected chi connectivity index (χ4v) is 1.83. The van der Waals surface area contributed by atoms with E-state index in [2.05, 4.69) is 15.3 Å². The molecule has 0 saturated carbocycles. The van der Waals surface area contributed by atoms with Gasteiger partial charge in [-0.1, -0.05) is 0 Å². The van der Waals surface area contributed by atoms with Crippen molar-refractivity contribution in [2.24, 2.45) is 0 Å². The van der Waals surface area contributed by atoms with Crippen LogP contribution in [0.25, 0.3) is 0 Å². The average molecular weight is 234 g/mol. The van der Waals surface area contributed by atoms with Crippen LogP contribution in [0, 0.1) is 6.92 Å². The first-order valence-electron chi connectivity index (χ1n) is 4.60. The van der Waals surface area contributed by atoms with Gasteiger partial charge in [0.25, 0.3) is 5.91 Å². The molecule has 0 aliphatic rings. The molecule has 3 N–H and O–H groups in total. The summed E-state index contributed by atoms with van der Waals surface area (Å²) in [6.07, 6.45) is 3.21. The van der Waals surface area contributed by atoms with Crippen molar-refractivity contribution in [3.63, 3.8) is 0 Å². The number of carbonyl (C=O) groups is 1. The minimum absolute atomic E-state index is 0.233. The average Bonchev–Trinajstić information content (AvgIpc) is 2.64. The molecule has 5 nitrogen and oxygen atoms in total. The van der Waals surface area contributed by atoms with E-state index in [4.69, 9.17) is 5.73 Å². The second kappa shape index (κ2) is 4.28. The summed E-state index contributed by atoms with van der Waals surface area (Å²) >= 11 is 1.42. The molecule has 0 fully saturated rings. The first-order valence-corrected chi connectivity index (χ1v) is 5.42. The Morgan fingerprint density at radius 2 is 2.31 bits per heavy atom. The smallest absolute Gasteiger partial charge is 0.257 e. The van der Waals surface area contributed by atoms with Gasteiger partial charge in [-0.25, -0.2) is 9.97 Å². The molecule has 2 aromatic heterocycles. The van der Waals surface area contributed by atoms with Gasteiger partial charge in [-0.15, -0.1) is 11.3 Å². The van der Waals surface area contributed by atoms with E-state index >= 15 is 0 Å². The van der Waals surface area contributed by atoms with Crippen LogP contribution in [-0.4, -0.2) is 15.9 Å². The number of nitrogens with two attached hydrogens (primary N) is 1. The van der Waals surface area contributed by atoms with Crippen molar-refractivity contribution in [3.05, 3.63) is 35.0 Å². The van der Waals surface area contributed by atoms with Gasteiger partial charge in [0.15, 0.2) is 5.13 Å². The number of nitrogens with zero attached hydrogens (tertiary/aromatic N) is 2. The molecule has 1 amide bonds. The number of nitrogens with one attached hydrogen (secondary N) is 1. The summed E-state index contributed by atoms with van der Waals surface area (Å²) < 4.78 is 0. The van der Waals surface area contributed by atoms with Crippen molar-refractivity contribution in [2.75, 3.05) is 11.1 Å². The van der Waals surface area contributed by atoms with Crippen molar-refractivity contribution in [2.45, 2.75) is 6.92 Å². The van der Waals surface area contributed by atoms with Gasteiger partial charge in [-0.05, 0) is 19.1 Å². The number of aryl methyl sites for hydroxylation is 1. The number of nitrogen functional groups attached to an aromatic ring is 1. The Balaban J connectivity index is 2.14. The maximum Gasteiger partial charge on any atom is 0.257 e. The van der Waals surface area contributed by atoms with Crippen LogP contribution in [0.1, 0.15) is 15.2 Å². The number of pyridine rings is 1. The molecular formula is C10H10N4OS. The van der Waals surface area contributed by atoms with Crippen molar-refractivity contribution in [3.8, 4) is 0 Å². The van der Waals surface area contributed by atoms with Gasteiger partial charge in [0.05, 0.1) is 0 Å². The van der Waals surface area contributed by atoms with E-state index in [0.717, 1.165) is 4.88 Å². The van der Waals surface area contributed by atoms with E-state index in [9.17, 15) is 4.79 Å². The van der Waals surface area contributed by atoms with Crippen LogP contribution in [0.4, 0.5) is 10.9 Å². The molecule has 0 bridgehead atoms. The van der Waals surface area contributed by atoms with Crippen LogP contribution in [-0.2, 0) is 0 Å². The van der Waals surface area contributed by atoms with Crippen molar-refractivity contribution < 1.29 is 4.79 Å². The molecular weight excluding hydrogens is 224 g/mol. The molecule has 2 aromatic rings. The zero-order valence-corrected chi connectivity index (χ0v) is 9.41. The number of thiazole rings is 1. The number of anilines is 2. The Morgan fingerprint density at radius 1 is 1.50 bits per heavy atom. The van der Waals surface area contributed by atoms with E-state index in [1.165, 1.54) is 23.6 Å². The van der Waals surface area contributed by atoms with Gasteiger partial charge < -0.3 is 5.73 Å². The Labute approximate surface area is 96.3 Å². The number of carbonyl (C=O) groups excluding carboxylic acids is 1. The van der Waals surface area contributed by atoms with Gasteiger partial charge in [-0.2, -0.15) is 0 Å². The molecule has 0 aromatic carbocycles. The van der Waals surface area contributed by atoms with E-state index in [0.29, 0.717) is 16.5 Å². The van der Waals surface area contributed by atoms with Crippen LogP contribution in [0.15, 0.2) is 24.5 Å². The van der Waals surface area contributed by atoms with Crippen molar-refractivity contribution in [1.29, 1.82) is 0 Å². The second-order valence-corrected chi connectivity index (χ2v) is 4.43. The standard InChI is InChI=1S/C10H10N4OS/c1-6-5-13-10(16-6)14-9(15)7-2-3-12-8(11)4-7/h2-5H,1H3,(H2,11,12)(H,13,14,15). The molecule has 0 spiro atoms. The lowest BCUT2D eigenvalue weighted by Gasteiger charge is -2.01. The van der Waals surface area contributed by atoms with Crippen LogP contribution >= 0.6 is 11.3 Å². The Kier molecular flexibility index (Phi) is 2.82. The summed E-state index contributed by atoms with van der Waals surface area (Å²) in [4.78, 5) is 20.7. The Morgan fingerprint density at radius 3 is 2.94 bits per heavy atom. The molecule has 0 radical (unpaired) electrons. The number of hydrogen-bond donors (Lipinski definition) is 2. The molecule has 2 rings (SSSR count). The largest absolute Gasteiger partial charge is 0.384 e. The van der Waals surface area contributed by atoms with Crippen molar-refractivity contribution in [1.82, 2.24) is 9.97 Å². The molecule has 16 heavy (non-hydrogen) atoms. The fraction of sp³-hybridized carbons (Fsp3) is 0.100. The number of hydrogen-bond acceptors (Lipinski definition) is 5. The van der Waals surface area contributed by atoms with Crippen LogP contribution in [0.2, 0.25) is 0 Å². The quantitative estimate of drug-likeness (QED) is 0.828. The van der Waals surface area contributed by atoms with E-state index in [-0.39, 0.29) is 5.91 Å². The zero-order valence-electron chi connectivity index (χ0n) is 8.60. The topological polar surface area (TPSA) is 80.9 Å². The molecule has 0 atom stereocenters. The van der Waals surface area contributed by atoms with Crippen LogP contribution in [0.5, 0.6) is 0 Å². The third-order valence-electron chi connectivity index (χ3n) is 1.89.